The molecule has 0 aromatic carbocycles. The standard InChI is InChI=1S/C44H84O6/c1-5-7-9-11-13-15-16-17-19-23-27-31-35-42(45)48-38-41(50-44(47)37-33-29-25-18-14-12-10-8-6-2)39-49-43(46)36-32-28-24-21-20-22-26-30-34-40(3)4/h40-41H,5-39H2,1-4H3/t41-/m1/s1. The van der Waals surface area contributed by atoms with E-state index in [2.05, 4.69) is 27.7 Å². The molecule has 0 aliphatic carbocycles. The van der Waals surface area contributed by atoms with Crippen LogP contribution in [-0.4, -0.2) is 37.2 Å². The number of rotatable bonds is 39. The SMILES string of the molecule is CCCCCCCCCCCCCCC(=O)OC[C@H](COC(=O)CCCCCCCCCCC(C)C)OC(=O)CCCCCCCCCCC. The third-order valence-electron chi connectivity index (χ3n) is 9.79. The highest BCUT2D eigenvalue weighted by atomic mass is 16.6. The summed E-state index contributed by atoms with van der Waals surface area (Å²) in [5.74, 6) is -0.0643. The molecule has 0 aliphatic rings. The molecule has 0 unspecified atom stereocenters. The molecule has 0 rings (SSSR count). The van der Waals surface area contributed by atoms with Gasteiger partial charge in [-0.3, -0.25) is 14.4 Å². The summed E-state index contributed by atoms with van der Waals surface area (Å²) in [5, 5.41) is 0. The summed E-state index contributed by atoms with van der Waals surface area (Å²) in [6.45, 7) is 8.93. The lowest BCUT2D eigenvalue weighted by molar-refractivity contribution is -0.167. The number of unbranched alkanes of at least 4 members (excludes halogenated alkanes) is 26. The fourth-order valence-electron chi connectivity index (χ4n) is 6.45. The molecule has 0 aliphatic heterocycles. The van der Waals surface area contributed by atoms with Gasteiger partial charge >= 0.3 is 17.9 Å². The zero-order chi connectivity index (χ0) is 36.8. The van der Waals surface area contributed by atoms with Crippen LogP contribution >= 0.6 is 0 Å². The number of carbonyl (C=O) groups is 3. The molecule has 0 saturated carbocycles. The second-order valence-electron chi connectivity index (χ2n) is 15.5. The topological polar surface area (TPSA) is 78.9 Å². The van der Waals surface area contributed by atoms with Crippen molar-refractivity contribution in [1.29, 1.82) is 0 Å². The van der Waals surface area contributed by atoms with Gasteiger partial charge in [-0.15, -0.1) is 0 Å². The van der Waals surface area contributed by atoms with Crippen molar-refractivity contribution in [3.05, 3.63) is 0 Å². The molecule has 0 aromatic heterocycles. The quantitative estimate of drug-likeness (QED) is 0.0359. The summed E-state index contributed by atoms with van der Waals surface area (Å²) in [5.41, 5.74) is 0. The number of esters is 3. The Hall–Kier alpha value is -1.59. The van der Waals surface area contributed by atoms with E-state index < -0.39 is 6.10 Å². The number of hydrogen-bond acceptors (Lipinski definition) is 6. The number of hydrogen-bond donors (Lipinski definition) is 0. The lowest BCUT2D eigenvalue weighted by Gasteiger charge is -2.18. The summed E-state index contributed by atoms with van der Waals surface area (Å²) < 4.78 is 16.7. The predicted octanol–water partition coefficient (Wildman–Crippen LogP) is 13.6. The van der Waals surface area contributed by atoms with Crippen LogP contribution in [0.1, 0.15) is 240 Å². The van der Waals surface area contributed by atoms with E-state index in [9.17, 15) is 14.4 Å². The summed E-state index contributed by atoms with van der Waals surface area (Å²) in [4.78, 5) is 37.6. The van der Waals surface area contributed by atoms with Crippen molar-refractivity contribution in [3.8, 4) is 0 Å². The van der Waals surface area contributed by atoms with Crippen molar-refractivity contribution in [1.82, 2.24) is 0 Å². The molecule has 6 heteroatoms. The van der Waals surface area contributed by atoms with Gasteiger partial charge in [-0.1, -0.05) is 201 Å². The predicted molar refractivity (Wildman–Crippen MR) is 210 cm³/mol. The van der Waals surface area contributed by atoms with Gasteiger partial charge in [0.25, 0.3) is 0 Å². The Labute approximate surface area is 310 Å². The molecule has 6 nitrogen and oxygen atoms in total. The molecule has 0 saturated heterocycles. The minimum Gasteiger partial charge on any atom is -0.462 e. The lowest BCUT2D eigenvalue weighted by atomic mass is 10.0. The van der Waals surface area contributed by atoms with Crippen LogP contribution < -0.4 is 0 Å². The zero-order valence-corrected chi connectivity index (χ0v) is 33.9. The van der Waals surface area contributed by atoms with E-state index in [4.69, 9.17) is 14.2 Å². The van der Waals surface area contributed by atoms with Gasteiger partial charge in [-0.05, 0) is 25.2 Å². The van der Waals surface area contributed by atoms with Crippen LogP contribution in [0, 0.1) is 5.92 Å². The highest BCUT2D eigenvalue weighted by Crippen LogP contribution is 2.16. The first-order chi connectivity index (χ1) is 24.4. The molecule has 0 N–H and O–H groups in total. The van der Waals surface area contributed by atoms with E-state index >= 15 is 0 Å². The van der Waals surface area contributed by atoms with E-state index in [-0.39, 0.29) is 31.1 Å². The van der Waals surface area contributed by atoms with Crippen LogP contribution in [0.4, 0.5) is 0 Å². The zero-order valence-electron chi connectivity index (χ0n) is 33.9. The second kappa shape index (κ2) is 38.6. The Balaban J connectivity index is 4.32. The molecule has 0 spiro atoms. The van der Waals surface area contributed by atoms with Crippen molar-refractivity contribution in [3.63, 3.8) is 0 Å². The van der Waals surface area contributed by atoms with Crippen LogP contribution in [0.2, 0.25) is 0 Å². The van der Waals surface area contributed by atoms with E-state index in [0.717, 1.165) is 63.7 Å². The largest absolute Gasteiger partial charge is 0.462 e. The van der Waals surface area contributed by atoms with E-state index in [0.29, 0.717) is 19.3 Å². The van der Waals surface area contributed by atoms with Gasteiger partial charge < -0.3 is 14.2 Å². The van der Waals surface area contributed by atoms with Gasteiger partial charge in [0.2, 0.25) is 0 Å². The van der Waals surface area contributed by atoms with Gasteiger partial charge in [-0.25, -0.2) is 0 Å². The summed E-state index contributed by atoms with van der Waals surface area (Å²) in [7, 11) is 0. The molecule has 0 radical (unpaired) electrons. The van der Waals surface area contributed by atoms with Gasteiger partial charge in [0.05, 0.1) is 0 Å². The summed E-state index contributed by atoms with van der Waals surface area (Å²) in [6, 6.07) is 0. The first-order valence-corrected chi connectivity index (χ1v) is 21.9. The Morgan fingerprint density at radius 3 is 0.980 bits per heavy atom. The Morgan fingerprint density at radius 1 is 0.380 bits per heavy atom. The Morgan fingerprint density at radius 2 is 0.660 bits per heavy atom. The molecule has 0 bridgehead atoms. The van der Waals surface area contributed by atoms with Crippen LogP contribution in [0.5, 0.6) is 0 Å². The van der Waals surface area contributed by atoms with Crippen molar-refractivity contribution >= 4 is 17.9 Å². The fraction of sp³-hybridized carbons (Fsp3) is 0.932. The average Bonchev–Trinajstić information content (AvgIpc) is 3.09. The van der Waals surface area contributed by atoms with E-state index in [1.165, 1.54) is 135 Å². The average molecular weight is 709 g/mol. The first-order valence-electron chi connectivity index (χ1n) is 21.9. The van der Waals surface area contributed by atoms with Gasteiger partial charge in [-0.2, -0.15) is 0 Å². The molecule has 1 atom stereocenters. The molecule has 0 amide bonds. The maximum absolute atomic E-state index is 12.6. The monoisotopic (exact) mass is 709 g/mol. The highest BCUT2D eigenvalue weighted by Gasteiger charge is 2.19. The third kappa shape index (κ3) is 37.7. The highest BCUT2D eigenvalue weighted by molar-refractivity contribution is 5.71. The van der Waals surface area contributed by atoms with E-state index in [1.807, 2.05) is 0 Å². The smallest absolute Gasteiger partial charge is 0.306 e. The Bertz CT molecular complexity index is 751. The minimum absolute atomic E-state index is 0.0644. The molecular weight excluding hydrogens is 624 g/mol. The summed E-state index contributed by atoms with van der Waals surface area (Å²) >= 11 is 0. The van der Waals surface area contributed by atoms with Crippen molar-refractivity contribution in [2.45, 2.75) is 246 Å². The fourth-order valence-corrected chi connectivity index (χ4v) is 6.45. The van der Waals surface area contributed by atoms with Crippen LogP contribution in [-0.2, 0) is 28.6 Å². The molecular formula is C44H84O6. The van der Waals surface area contributed by atoms with Crippen molar-refractivity contribution in [2.24, 2.45) is 5.92 Å². The maximum Gasteiger partial charge on any atom is 0.306 e. The number of ether oxygens (including phenoxy) is 3. The molecule has 0 fully saturated rings. The molecule has 0 aromatic rings. The van der Waals surface area contributed by atoms with Crippen LogP contribution in [0.25, 0.3) is 0 Å². The molecule has 0 heterocycles. The molecule has 296 valence electrons. The van der Waals surface area contributed by atoms with Crippen molar-refractivity contribution < 1.29 is 28.6 Å². The lowest BCUT2D eigenvalue weighted by Crippen LogP contribution is -2.30. The number of carbonyl (C=O) groups excluding carboxylic acids is 3. The first kappa shape index (κ1) is 48.4. The van der Waals surface area contributed by atoms with E-state index in [1.54, 1.807) is 0 Å². The van der Waals surface area contributed by atoms with Gasteiger partial charge in [0.15, 0.2) is 6.10 Å². The van der Waals surface area contributed by atoms with Gasteiger partial charge in [0, 0.05) is 19.3 Å². The maximum atomic E-state index is 12.6. The minimum atomic E-state index is -0.758. The molecule has 50 heavy (non-hydrogen) atoms. The summed E-state index contributed by atoms with van der Waals surface area (Å²) in [6.07, 6.45) is 36.6. The van der Waals surface area contributed by atoms with Crippen LogP contribution in [0.15, 0.2) is 0 Å². The van der Waals surface area contributed by atoms with Crippen molar-refractivity contribution in [2.75, 3.05) is 13.2 Å². The second-order valence-corrected chi connectivity index (χ2v) is 15.5. The Kier molecular flexibility index (Phi) is 37.4. The van der Waals surface area contributed by atoms with Gasteiger partial charge in [0.1, 0.15) is 13.2 Å². The van der Waals surface area contributed by atoms with Crippen LogP contribution in [0.3, 0.4) is 0 Å². The normalized spacial score (nSPS) is 11.9. The third-order valence-corrected chi connectivity index (χ3v) is 9.79.